The van der Waals surface area contributed by atoms with Crippen LogP contribution in [0, 0.1) is 0 Å². The summed E-state index contributed by atoms with van der Waals surface area (Å²) >= 11 is 5.79. The Morgan fingerprint density at radius 1 is 1.23 bits per heavy atom. The van der Waals surface area contributed by atoms with Crippen molar-refractivity contribution in [3.8, 4) is 0 Å². The zero-order valence-electron chi connectivity index (χ0n) is 11.6. The van der Waals surface area contributed by atoms with Gasteiger partial charge < -0.3 is 9.73 Å². The van der Waals surface area contributed by atoms with Gasteiger partial charge in [0.05, 0.1) is 18.6 Å². The van der Waals surface area contributed by atoms with E-state index in [1.807, 2.05) is 0 Å². The van der Waals surface area contributed by atoms with Crippen molar-refractivity contribution in [1.29, 1.82) is 0 Å². The van der Waals surface area contributed by atoms with Crippen molar-refractivity contribution in [2.45, 2.75) is 6.54 Å². The number of carbonyl (C=O) groups is 1. The molecule has 8 heteroatoms. The Hall–Kier alpha value is -1.83. The molecule has 0 unspecified atom stereocenters. The van der Waals surface area contributed by atoms with E-state index < -0.39 is 10.0 Å². The summed E-state index contributed by atoms with van der Waals surface area (Å²) < 4.78 is 31.0. The molecule has 0 aliphatic rings. The summed E-state index contributed by atoms with van der Waals surface area (Å²) in [7, 11) is -3.49. The van der Waals surface area contributed by atoms with E-state index in [1.54, 1.807) is 30.3 Å². The number of halogens is 1. The van der Waals surface area contributed by atoms with Gasteiger partial charge in [-0.3, -0.25) is 4.79 Å². The van der Waals surface area contributed by atoms with Crippen molar-refractivity contribution in [3.63, 3.8) is 0 Å². The molecule has 2 rings (SSSR count). The number of nitrogens with one attached hydrogen (secondary N) is 2. The Balaban J connectivity index is 1.78. The van der Waals surface area contributed by atoms with Gasteiger partial charge in [-0.2, -0.15) is 0 Å². The topological polar surface area (TPSA) is 88.4 Å². The van der Waals surface area contributed by atoms with Crippen molar-refractivity contribution in [2.24, 2.45) is 0 Å². The molecular weight excluding hydrogens is 328 g/mol. The third kappa shape index (κ3) is 5.18. The van der Waals surface area contributed by atoms with Crippen LogP contribution in [0.25, 0.3) is 0 Å². The minimum absolute atomic E-state index is 0.00116. The first-order chi connectivity index (χ1) is 10.5. The van der Waals surface area contributed by atoms with Crippen LogP contribution >= 0.6 is 11.6 Å². The lowest BCUT2D eigenvalue weighted by Crippen LogP contribution is -2.34. The maximum atomic E-state index is 11.8. The quantitative estimate of drug-likeness (QED) is 0.802. The smallest absolute Gasteiger partial charge is 0.251 e. The predicted octanol–water partition coefficient (Wildman–Crippen LogP) is 1.78. The lowest BCUT2D eigenvalue weighted by atomic mass is 10.2. The number of hydrogen-bond acceptors (Lipinski definition) is 4. The largest absolute Gasteiger partial charge is 0.468 e. The van der Waals surface area contributed by atoms with Crippen molar-refractivity contribution >= 4 is 27.5 Å². The molecule has 0 spiro atoms. The lowest BCUT2D eigenvalue weighted by molar-refractivity contribution is 0.0956. The number of furan rings is 1. The number of carbonyl (C=O) groups excluding carboxylic acids is 1. The van der Waals surface area contributed by atoms with Gasteiger partial charge in [-0.15, -0.1) is 0 Å². The maximum absolute atomic E-state index is 11.8. The number of rotatable bonds is 7. The van der Waals surface area contributed by atoms with E-state index in [0.717, 1.165) is 0 Å². The number of amides is 1. The van der Waals surface area contributed by atoms with Crippen molar-refractivity contribution in [2.75, 3.05) is 12.3 Å². The third-order valence-corrected chi connectivity index (χ3v) is 4.35. The van der Waals surface area contributed by atoms with Gasteiger partial charge in [0.25, 0.3) is 5.91 Å². The first-order valence-electron chi connectivity index (χ1n) is 6.50. The van der Waals surface area contributed by atoms with Gasteiger partial charge in [0.15, 0.2) is 0 Å². The minimum Gasteiger partial charge on any atom is -0.468 e. The summed E-state index contributed by atoms with van der Waals surface area (Å²) in [5.74, 6) is -0.0738. The molecule has 118 valence electrons. The average Bonchev–Trinajstić information content (AvgIpc) is 2.98. The molecule has 0 aliphatic carbocycles. The van der Waals surface area contributed by atoms with Crippen LogP contribution in [0.5, 0.6) is 0 Å². The first-order valence-corrected chi connectivity index (χ1v) is 8.53. The molecule has 0 saturated heterocycles. The Labute approximate surface area is 133 Å². The summed E-state index contributed by atoms with van der Waals surface area (Å²) in [6.45, 7) is 0.0798. The summed E-state index contributed by atoms with van der Waals surface area (Å²) in [5.41, 5.74) is 0.383. The Morgan fingerprint density at radius 2 is 2.05 bits per heavy atom. The zero-order chi connectivity index (χ0) is 16.0. The Morgan fingerprint density at radius 3 is 2.73 bits per heavy atom. The van der Waals surface area contributed by atoms with Gasteiger partial charge in [0.2, 0.25) is 10.0 Å². The number of sulfonamides is 1. The van der Waals surface area contributed by atoms with Crippen LogP contribution < -0.4 is 10.0 Å². The van der Waals surface area contributed by atoms with Crippen LogP contribution in [0.1, 0.15) is 16.1 Å². The van der Waals surface area contributed by atoms with Crippen molar-refractivity contribution < 1.29 is 17.6 Å². The van der Waals surface area contributed by atoms with E-state index in [1.165, 1.54) is 12.3 Å². The molecule has 1 aromatic heterocycles. The van der Waals surface area contributed by atoms with E-state index in [9.17, 15) is 13.2 Å². The van der Waals surface area contributed by atoms with Gasteiger partial charge in [-0.25, -0.2) is 13.1 Å². The highest BCUT2D eigenvalue weighted by Crippen LogP contribution is 2.10. The molecule has 0 atom stereocenters. The fourth-order valence-electron chi connectivity index (χ4n) is 1.70. The van der Waals surface area contributed by atoms with E-state index in [-0.39, 0.29) is 24.7 Å². The molecule has 6 nitrogen and oxygen atoms in total. The second-order valence-corrected chi connectivity index (χ2v) is 6.85. The van der Waals surface area contributed by atoms with Gasteiger partial charge >= 0.3 is 0 Å². The summed E-state index contributed by atoms with van der Waals surface area (Å²) in [5, 5.41) is 2.98. The maximum Gasteiger partial charge on any atom is 0.251 e. The van der Waals surface area contributed by atoms with Crippen molar-refractivity contribution in [1.82, 2.24) is 10.0 Å². The Kier molecular flexibility index (Phi) is 5.59. The monoisotopic (exact) mass is 342 g/mol. The predicted molar refractivity (Wildman–Crippen MR) is 83.1 cm³/mol. The number of benzene rings is 1. The molecule has 0 aliphatic heterocycles. The van der Waals surface area contributed by atoms with Crippen LogP contribution in [0.4, 0.5) is 0 Å². The van der Waals surface area contributed by atoms with Gasteiger partial charge in [-0.05, 0) is 30.3 Å². The van der Waals surface area contributed by atoms with E-state index in [4.69, 9.17) is 16.0 Å². The zero-order valence-corrected chi connectivity index (χ0v) is 13.2. The molecular formula is C14H15ClN2O4S. The fraction of sp³-hybridized carbons (Fsp3) is 0.214. The third-order valence-electron chi connectivity index (χ3n) is 2.79. The highest BCUT2D eigenvalue weighted by molar-refractivity contribution is 7.89. The van der Waals surface area contributed by atoms with E-state index in [2.05, 4.69) is 10.0 Å². The SMILES string of the molecule is O=C(NCCS(=O)(=O)NCc1ccco1)c1cccc(Cl)c1. The summed E-state index contributed by atoms with van der Waals surface area (Å²) in [6, 6.07) is 9.77. The Bertz CT molecular complexity index is 729. The first kappa shape index (κ1) is 16.5. The normalized spacial score (nSPS) is 11.3. The lowest BCUT2D eigenvalue weighted by Gasteiger charge is -2.07. The molecule has 22 heavy (non-hydrogen) atoms. The fourth-order valence-corrected chi connectivity index (χ4v) is 2.76. The molecule has 1 heterocycles. The highest BCUT2D eigenvalue weighted by Gasteiger charge is 2.12. The molecule has 0 fully saturated rings. The molecule has 1 amide bonds. The van der Waals surface area contributed by atoms with Gasteiger partial charge in [-0.1, -0.05) is 17.7 Å². The van der Waals surface area contributed by atoms with Crippen LogP contribution in [-0.2, 0) is 16.6 Å². The highest BCUT2D eigenvalue weighted by atomic mass is 35.5. The van der Waals surface area contributed by atoms with Gasteiger partial charge in [0.1, 0.15) is 5.76 Å². The average molecular weight is 343 g/mol. The second-order valence-electron chi connectivity index (χ2n) is 4.49. The molecule has 0 saturated carbocycles. The van der Waals surface area contributed by atoms with Crippen LogP contribution in [0.2, 0.25) is 5.02 Å². The minimum atomic E-state index is -3.49. The number of hydrogen-bond donors (Lipinski definition) is 2. The molecule has 0 bridgehead atoms. The van der Waals surface area contributed by atoms with E-state index >= 15 is 0 Å². The summed E-state index contributed by atoms with van der Waals surface area (Å²) in [6.07, 6.45) is 1.47. The molecule has 1 aromatic carbocycles. The standard InChI is InChI=1S/C14H15ClN2O4S/c15-12-4-1-3-11(9-12)14(18)16-6-8-22(19,20)17-10-13-5-2-7-21-13/h1-5,7,9,17H,6,8,10H2,(H,16,18). The molecule has 2 aromatic rings. The van der Waals surface area contributed by atoms with Crippen molar-refractivity contribution in [3.05, 3.63) is 59.0 Å². The second kappa shape index (κ2) is 7.44. The van der Waals surface area contributed by atoms with Crippen LogP contribution in [0.3, 0.4) is 0 Å². The summed E-state index contributed by atoms with van der Waals surface area (Å²) in [4.78, 5) is 11.8. The van der Waals surface area contributed by atoms with Crippen LogP contribution in [0.15, 0.2) is 47.1 Å². The van der Waals surface area contributed by atoms with Crippen LogP contribution in [-0.4, -0.2) is 26.6 Å². The van der Waals surface area contributed by atoms with E-state index in [0.29, 0.717) is 16.3 Å². The molecule has 2 N–H and O–H groups in total. The van der Waals surface area contributed by atoms with Gasteiger partial charge in [0, 0.05) is 17.1 Å². The molecule has 0 radical (unpaired) electrons.